The molecule has 0 fully saturated rings. The van der Waals surface area contributed by atoms with Crippen molar-refractivity contribution < 1.29 is 14.7 Å². The van der Waals surface area contributed by atoms with Gasteiger partial charge in [-0.15, -0.1) is 0 Å². The van der Waals surface area contributed by atoms with Gasteiger partial charge in [0.1, 0.15) is 5.56 Å². The number of nitrogens with zero attached hydrogens (tertiary/aromatic N) is 4. The molecule has 0 bridgehead atoms. The molecule has 2 amide bonds. The van der Waals surface area contributed by atoms with E-state index in [0.29, 0.717) is 42.0 Å². The minimum Gasteiger partial charge on any atom is -0.390 e. The molecule has 0 aliphatic carbocycles. The van der Waals surface area contributed by atoms with Gasteiger partial charge in [0, 0.05) is 42.7 Å². The number of carbonyl (C=O) groups is 2. The second-order valence-corrected chi connectivity index (χ2v) is 8.66. The number of rotatable bonds is 6. The summed E-state index contributed by atoms with van der Waals surface area (Å²) in [6, 6.07) is 5.51. The third-order valence-corrected chi connectivity index (χ3v) is 6.06. The molecule has 1 aromatic carbocycles. The molecule has 0 unspecified atom stereocenters. The summed E-state index contributed by atoms with van der Waals surface area (Å²) in [6.45, 7) is 8.35. The molecule has 2 aromatic heterocycles. The zero-order valence-electron chi connectivity index (χ0n) is 18.2. The van der Waals surface area contributed by atoms with Crippen LogP contribution in [-0.4, -0.2) is 48.6 Å². The zero-order chi connectivity index (χ0) is 22.3. The lowest BCUT2D eigenvalue weighted by atomic mass is 9.92. The minimum atomic E-state index is -0.870. The van der Waals surface area contributed by atoms with E-state index in [-0.39, 0.29) is 17.7 Å². The Morgan fingerprint density at radius 2 is 2.13 bits per heavy atom. The van der Waals surface area contributed by atoms with Crippen LogP contribution in [0.3, 0.4) is 0 Å². The van der Waals surface area contributed by atoms with Gasteiger partial charge in [0.2, 0.25) is 0 Å². The normalized spacial score (nSPS) is 14.7. The fourth-order valence-corrected chi connectivity index (χ4v) is 3.75. The van der Waals surface area contributed by atoms with Crippen LogP contribution in [0.4, 0.5) is 5.69 Å². The number of fused-ring (bicyclic) bond motifs is 2. The molecule has 31 heavy (non-hydrogen) atoms. The maximum absolute atomic E-state index is 12.9. The highest BCUT2D eigenvalue weighted by atomic mass is 16.3. The van der Waals surface area contributed by atoms with E-state index in [2.05, 4.69) is 15.4 Å². The minimum absolute atomic E-state index is 0.0366. The van der Waals surface area contributed by atoms with Crippen LogP contribution in [0.5, 0.6) is 0 Å². The Morgan fingerprint density at radius 1 is 1.35 bits per heavy atom. The van der Waals surface area contributed by atoms with E-state index in [1.807, 2.05) is 26.0 Å². The van der Waals surface area contributed by atoms with Gasteiger partial charge in [0.05, 0.1) is 11.8 Å². The fraction of sp³-hybridized carbons (Fsp3) is 0.391. The highest BCUT2D eigenvalue weighted by Crippen LogP contribution is 2.31. The first kappa shape index (κ1) is 21.0. The number of aromatic nitrogens is 3. The summed E-state index contributed by atoms with van der Waals surface area (Å²) in [6.07, 6.45) is 5.53. The predicted octanol–water partition coefficient (Wildman–Crippen LogP) is 2.91. The van der Waals surface area contributed by atoms with Crippen LogP contribution in [0, 0.1) is 5.92 Å². The Labute approximate surface area is 180 Å². The number of benzene rings is 1. The van der Waals surface area contributed by atoms with Crippen molar-refractivity contribution in [3.05, 3.63) is 59.0 Å². The lowest BCUT2D eigenvalue weighted by molar-refractivity contribution is 0.00984. The van der Waals surface area contributed by atoms with Crippen LogP contribution in [0.2, 0.25) is 0 Å². The number of nitrogens with one attached hydrogen (secondary N) is 1. The van der Waals surface area contributed by atoms with E-state index in [4.69, 9.17) is 0 Å². The monoisotopic (exact) mass is 421 g/mol. The molecule has 2 N–H and O–H groups in total. The standard InChI is InChI=1S/C23H27N5O3/c1-5-15-9-17-16(13-27(22(17)30)12-14(2)23(3,4)31)10-19(15)26-21(29)18-11-25-28-8-6-7-24-20(18)28/h6-11,14,31H,5,12-13H2,1-4H3,(H,26,29)/t14-/m1/s1. The Hall–Kier alpha value is -3.26. The number of hydrogen-bond donors (Lipinski definition) is 2. The Morgan fingerprint density at radius 3 is 2.84 bits per heavy atom. The van der Waals surface area contributed by atoms with Gasteiger partial charge in [0.15, 0.2) is 5.65 Å². The first-order valence-electron chi connectivity index (χ1n) is 10.5. The molecular formula is C23H27N5O3. The van der Waals surface area contributed by atoms with Crippen LogP contribution < -0.4 is 5.32 Å². The Kier molecular flexibility index (Phi) is 5.26. The van der Waals surface area contributed by atoms with Gasteiger partial charge in [-0.3, -0.25) is 9.59 Å². The number of hydrogen-bond acceptors (Lipinski definition) is 5. The number of aliphatic hydroxyl groups is 1. The van der Waals surface area contributed by atoms with E-state index in [9.17, 15) is 14.7 Å². The van der Waals surface area contributed by atoms with Gasteiger partial charge in [0.25, 0.3) is 11.8 Å². The average molecular weight is 422 g/mol. The molecule has 1 atom stereocenters. The summed E-state index contributed by atoms with van der Waals surface area (Å²) < 4.78 is 1.55. The van der Waals surface area contributed by atoms with Gasteiger partial charge in [-0.05, 0) is 49.6 Å². The van der Waals surface area contributed by atoms with Crippen molar-refractivity contribution in [2.45, 2.75) is 46.3 Å². The lowest BCUT2D eigenvalue weighted by Crippen LogP contribution is -2.39. The van der Waals surface area contributed by atoms with Crippen LogP contribution in [0.15, 0.2) is 36.8 Å². The molecule has 1 aliphatic heterocycles. The predicted molar refractivity (Wildman–Crippen MR) is 117 cm³/mol. The van der Waals surface area contributed by atoms with Crippen molar-refractivity contribution in [3.63, 3.8) is 0 Å². The molecule has 4 rings (SSSR count). The van der Waals surface area contributed by atoms with E-state index in [0.717, 1.165) is 11.1 Å². The summed E-state index contributed by atoms with van der Waals surface area (Å²) >= 11 is 0. The fourth-order valence-electron chi connectivity index (χ4n) is 3.75. The maximum Gasteiger partial charge on any atom is 0.261 e. The Balaban J connectivity index is 1.59. The summed E-state index contributed by atoms with van der Waals surface area (Å²) in [5.41, 5.74) is 3.12. The number of anilines is 1. The van der Waals surface area contributed by atoms with Crippen molar-refractivity contribution >= 4 is 23.1 Å². The molecule has 0 radical (unpaired) electrons. The molecule has 3 aromatic rings. The van der Waals surface area contributed by atoms with Crippen molar-refractivity contribution in [3.8, 4) is 0 Å². The van der Waals surface area contributed by atoms with Crippen molar-refractivity contribution in [1.82, 2.24) is 19.5 Å². The van der Waals surface area contributed by atoms with E-state index < -0.39 is 5.60 Å². The van der Waals surface area contributed by atoms with Crippen molar-refractivity contribution in [2.75, 3.05) is 11.9 Å². The van der Waals surface area contributed by atoms with Crippen LogP contribution in [0.1, 0.15) is 59.5 Å². The van der Waals surface area contributed by atoms with Crippen molar-refractivity contribution in [1.29, 1.82) is 0 Å². The second kappa shape index (κ2) is 7.77. The first-order valence-corrected chi connectivity index (χ1v) is 10.5. The molecule has 1 aliphatic rings. The third kappa shape index (κ3) is 3.90. The number of aryl methyl sites for hydroxylation is 1. The van der Waals surface area contributed by atoms with E-state index >= 15 is 0 Å². The van der Waals surface area contributed by atoms with Crippen molar-refractivity contribution in [2.24, 2.45) is 5.92 Å². The Bertz CT molecular complexity index is 1160. The highest BCUT2D eigenvalue weighted by Gasteiger charge is 2.33. The SMILES string of the molecule is CCc1cc2c(cc1NC(=O)c1cnn3cccnc13)CN(C[C@@H](C)C(C)(C)O)C2=O. The van der Waals surface area contributed by atoms with Gasteiger partial charge in [-0.2, -0.15) is 5.10 Å². The smallest absolute Gasteiger partial charge is 0.261 e. The average Bonchev–Trinajstić information content (AvgIpc) is 3.28. The summed E-state index contributed by atoms with van der Waals surface area (Å²) in [7, 11) is 0. The molecule has 0 spiro atoms. The second-order valence-electron chi connectivity index (χ2n) is 8.66. The lowest BCUT2D eigenvalue weighted by Gasteiger charge is -2.29. The highest BCUT2D eigenvalue weighted by molar-refractivity contribution is 6.09. The summed E-state index contributed by atoms with van der Waals surface area (Å²) in [5.74, 6) is -0.399. The van der Waals surface area contributed by atoms with Crippen LogP contribution in [-0.2, 0) is 13.0 Å². The van der Waals surface area contributed by atoms with Crippen LogP contribution >= 0.6 is 0 Å². The molecular weight excluding hydrogens is 394 g/mol. The van der Waals surface area contributed by atoms with E-state index in [1.54, 1.807) is 41.7 Å². The topological polar surface area (TPSA) is 99.8 Å². The van der Waals surface area contributed by atoms with Gasteiger partial charge in [-0.25, -0.2) is 9.50 Å². The van der Waals surface area contributed by atoms with Gasteiger partial charge < -0.3 is 15.3 Å². The number of amides is 2. The van der Waals surface area contributed by atoms with E-state index in [1.165, 1.54) is 6.20 Å². The molecule has 0 saturated heterocycles. The largest absolute Gasteiger partial charge is 0.390 e. The summed E-state index contributed by atoms with van der Waals surface area (Å²) in [4.78, 5) is 31.9. The molecule has 162 valence electrons. The molecule has 8 nitrogen and oxygen atoms in total. The summed E-state index contributed by atoms with van der Waals surface area (Å²) in [5, 5.41) is 17.4. The van der Waals surface area contributed by atoms with Crippen LogP contribution in [0.25, 0.3) is 5.65 Å². The van der Waals surface area contributed by atoms with Gasteiger partial charge in [-0.1, -0.05) is 13.8 Å². The zero-order valence-corrected chi connectivity index (χ0v) is 18.2. The molecule has 0 saturated carbocycles. The quantitative estimate of drug-likeness (QED) is 0.638. The first-order chi connectivity index (χ1) is 14.7. The van der Waals surface area contributed by atoms with Gasteiger partial charge >= 0.3 is 0 Å². The third-order valence-electron chi connectivity index (χ3n) is 6.06. The molecule has 3 heterocycles. The molecule has 8 heteroatoms. The number of carbonyl (C=O) groups excluding carboxylic acids is 2. The maximum atomic E-state index is 12.9.